The smallest absolute Gasteiger partial charge is 0.271 e. The lowest BCUT2D eigenvalue weighted by Gasteiger charge is -2.08. The zero-order valence-corrected chi connectivity index (χ0v) is 16.3. The lowest BCUT2D eigenvalue weighted by atomic mass is 10.2. The Balaban J connectivity index is 2.06. The van der Waals surface area contributed by atoms with Crippen molar-refractivity contribution in [1.29, 1.82) is 0 Å². The van der Waals surface area contributed by atoms with E-state index in [0.717, 1.165) is 25.8 Å². The molecule has 0 aliphatic carbocycles. The van der Waals surface area contributed by atoms with Gasteiger partial charge in [-0.2, -0.15) is 5.10 Å². The molecule has 0 atom stereocenters. The van der Waals surface area contributed by atoms with Crippen molar-refractivity contribution >= 4 is 50.6 Å². The number of carbonyl (C=O) groups is 1. The van der Waals surface area contributed by atoms with E-state index < -0.39 is 0 Å². The number of carbonyl (C=O) groups excluding carboxylic acids is 1. The number of nitrogens with zero attached hydrogens (tertiary/aromatic N) is 1. The fourth-order valence-corrected chi connectivity index (χ4v) is 2.53. The standard InChI is InChI=1S/C17H16BrIN2O2/c1-2-9-23-16-8-5-14(18)10-13(16)11-20-21-17(22)12-3-6-15(19)7-4-12/h3-8,10-11H,2,9H2,1H3,(H,21,22)/b20-11-. The highest BCUT2D eigenvalue weighted by atomic mass is 127. The molecule has 6 heteroatoms. The van der Waals surface area contributed by atoms with Gasteiger partial charge < -0.3 is 4.74 Å². The van der Waals surface area contributed by atoms with Crippen LogP contribution >= 0.6 is 38.5 Å². The minimum Gasteiger partial charge on any atom is -0.493 e. The molecule has 1 amide bonds. The summed E-state index contributed by atoms with van der Waals surface area (Å²) in [5.74, 6) is 0.492. The van der Waals surface area contributed by atoms with Crippen LogP contribution in [0.1, 0.15) is 29.3 Å². The Bertz CT molecular complexity index is 702. The van der Waals surface area contributed by atoms with Crippen LogP contribution in [0.4, 0.5) is 0 Å². The second-order valence-electron chi connectivity index (χ2n) is 4.74. The van der Waals surface area contributed by atoms with Gasteiger partial charge in [-0.25, -0.2) is 5.43 Å². The third-order valence-electron chi connectivity index (χ3n) is 2.91. The van der Waals surface area contributed by atoms with Crippen molar-refractivity contribution in [2.45, 2.75) is 13.3 Å². The van der Waals surface area contributed by atoms with Gasteiger partial charge in [0.25, 0.3) is 5.91 Å². The predicted octanol–water partition coefficient (Wildman–Crippen LogP) is 4.61. The van der Waals surface area contributed by atoms with Gasteiger partial charge in [0.15, 0.2) is 0 Å². The summed E-state index contributed by atoms with van der Waals surface area (Å²) in [6, 6.07) is 13.0. The van der Waals surface area contributed by atoms with Gasteiger partial charge >= 0.3 is 0 Å². The van der Waals surface area contributed by atoms with Crippen molar-refractivity contribution in [2.75, 3.05) is 6.61 Å². The van der Waals surface area contributed by atoms with Crippen molar-refractivity contribution in [3.8, 4) is 5.75 Å². The molecule has 4 nitrogen and oxygen atoms in total. The molecule has 0 radical (unpaired) electrons. The SMILES string of the molecule is CCCOc1ccc(Br)cc1/C=N\NC(=O)c1ccc(I)cc1. The second kappa shape index (κ2) is 9.02. The summed E-state index contributed by atoms with van der Waals surface area (Å²) >= 11 is 5.62. The first-order valence-electron chi connectivity index (χ1n) is 7.11. The summed E-state index contributed by atoms with van der Waals surface area (Å²) < 4.78 is 7.67. The molecule has 2 aromatic carbocycles. The molecule has 0 saturated heterocycles. The van der Waals surface area contributed by atoms with Crippen LogP contribution in [0.3, 0.4) is 0 Å². The topological polar surface area (TPSA) is 50.7 Å². The van der Waals surface area contributed by atoms with Crippen molar-refractivity contribution < 1.29 is 9.53 Å². The van der Waals surface area contributed by atoms with Crippen LogP contribution in [0.15, 0.2) is 52.0 Å². The summed E-state index contributed by atoms with van der Waals surface area (Å²) in [7, 11) is 0. The van der Waals surface area contributed by atoms with Gasteiger partial charge in [0.2, 0.25) is 0 Å². The number of hydrazone groups is 1. The van der Waals surface area contributed by atoms with E-state index in [1.54, 1.807) is 18.3 Å². The van der Waals surface area contributed by atoms with E-state index in [1.807, 2.05) is 37.3 Å². The second-order valence-corrected chi connectivity index (χ2v) is 6.90. The van der Waals surface area contributed by atoms with Crippen molar-refractivity contribution in [3.05, 3.63) is 61.6 Å². The molecule has 2 aromatic rings. The molecule has 0 aliphatic rings. The average Bonchev–Trinajstić information content (AvgIpc) is 2.54. The van der Waals surface area contributed by atoms with Crippen LogP contribution in [-0.2, 0) is 0 Å². The number of hydrogen-bond acceptors (Lipinski definition) is 3. The fraction of sp³-hybridized carbons (Fsp3) is 0.176. The Morgan fingerprint density at radius 2 is 2.04 bits per heavy atom. The third-order valence-corrected chi connectivity index (χ3v) is 4.12. The Morgan fingerprint density at radius 1 is 1.30 bits per heavy atom. The molecular weight excluding hydrogens is 471 g/mol. The van der Waals surface area contributed by atoms with Crippen LogP contribution in [-0.4, -0.2) is 18.7 Å². The fourth-order valence-electron chi connectivity index (χ4n) is 1.79. The molecule has 0 fully saturated rings. The quantitative estimate of drug-likeness (QED) is 0.368. The lowest BCUT2D eigenvalue weighted by molar-refractivity contribution is 0.0955. The first-order valence-corrected chi connectivity index (χ1v) is 8.98. The van der Waals surface area contributed by atoms with Crippen molar-refractivity contribution in [2.24, 2.45) is 5.10 Å². The van der Waals surface area contributed by atoms with Gasteiger partial charge in [-0.1, -0.05) is 22.9 Å². The van der Waals surface area contributed by atoms with E-state index in [9.17, 15) is 4.79 Å². The molecule has 0 saturated carbocycles. The Morgan fingerprint density at radius 3 is 2.74 bits per heavy atom. The summed E-state index contributed by atoms with van der Waals surface area (Å²) in [6.07, 6.45) is 2.51. The van der Waals surface area contributed by atoms with Gasteiger partial charge in [-0.15, -0.1) is 0 Å². The van der Waals surface area contributed by atoms with Crippen LogP contribution in [0.5, 0.6) is 5.75 Å². The molecule has 1 N–H and O–H groups in total. The number of ether oxygens (including phenoxy) is 1. The maximum Gasteiger partial charge on any atom is 0.271 e. The lowest BCUT2D eigenvalue weighted by Crippen LogP contribution is -2.17. The van der Waals surface area contributed by atoms with E-state index in [0.29, 0.717) is 12.2 Å². The van der Waals surface area contributed by atoms with Gasteiger partial charge in [-0.3, -0.25) is 4.79 Å². The number of amides is 1. The van der Waals surface area contributed by atoms with Crippen LogP contribution in [0, 0.1) is 3.57 Å². The minimum atomic E-state index is -0.247. The van der Waals surface area contributed by atoms with Gasteiger partial charge in [0, 0.05) is 19.2 Å². The molecular formula is C17H16BrIN2O2. The van der Waals surface area contributed by atoms with Crippen LogP contribution in [0.2, 0.25) is 0 Å². The minimum absolute atomic E-state index is 0.247. The molecule has 0 spiro atoms. The average molecular weight is 487 g/mol. The maximum atomic E-state index is 12.0. The number of halogens is 2. The van der Waals surface area contributed by atoms with E-state index in [4.69, 9.17) is 4.74 Å². The van der Waals surface area contributed by atoms with Gasteiger partial charge in [-0.05, 0) is 71.5 Å². The number of nitrogens with one attached hydrogen (secondary N) is 1. The highest BCUT2D eigenvalue weighted by molar-refractivity contribution is 14.1. The monoisotopic (exact) mass is 486 g/mol. The number of benzene rings is 2. The van der Waals surface area contributed by atoms with Gasteiger partial charge in [0.1, 0.15) is 5.75 Å². The van der Waals surface area contributed by atoms with E-state index in [1.165, 1.54) is 0 Å². The molecule has 0 unspecified atom stereocenters. The molecule has 2 rings (SSSR count). The molecule has 0 heterocycles. The molecule has 0 aliphatic heterocycles. The van der Waals surface area contributed by atoms with Crippen LogP contribution in [0.25, 0.3) is 0 Å². The highest BCUT2D eigenvalue weighted by Gasteiger charge is 2.05. The van der Waals surface area contributed by atoms with E-state index in [2.05, 4.69) is 49.0 Å². The van der Waals surface area contributed by atoms with E-state index in [-0.39, 0.29) is 5.91 Å². The Labute approximate surface area is 157 Å². The Kier molecular flexibility index (Phi) is 7.04. The normalized spacial score (nSPS) is 10.7. The first-order chi connectivity index (χ1) is 11.1. The Hall–Kier alpha value is -1.41. The highest BCUT2D eigenvalue weighted by Crippen LogP contribution is 2.22. The summed E-state index contributed by atoms with van der Waals surface area (Å²) in [6.45, 7) is 2.69. The summed E-state index contributed by atoms with van der Waals surface area (Å²) in [4.78, 5) is 12.0. The first kappa shape index (κ1) is 17.9. The van der Waals surface area contributed by atoms with Crippen LogP contribution < -0.4 is 10.2 Å². The summed E-state index contributed by atoms with van der Waals surface area (Å²) in [5, 5.41) is 4.02. The molecule has 23 heavy (non-hydrogen) atoms. The molecule has 0 bridgehead atoms. The zero-order valence-electron chi connectivity index (χ0n) is 12.6. The number of rotatable bonds is 6. The largest absolute Gasteiger partial charge is 0.493 e. The summed E-state index contributed by atoms with van der Waals surface area (Å²) in [5.41, 5.74) is 3.90. The molecule has 0 aromatic heterocycles. The van der Waals surface area contributed by atoms with E-state index >= 15 is 0 Å². The van der Waals surface area contributed by atoms with Crippen molar-refractivity contribution in [1.82, 2.24) is 5.43 Å². The zero-order chi connectivity index (χ0) is 16.7. The van der Waals surface area contributed by atoms with Gasteiger partial charge in [0.05, 0.1) is 12.8 Å². The third kappa shape index (κ3) is 5.62. The van der Waals surface area contributed by atoms with Crippen molar-refractivity contribution in [3.63, 3.8) is 0 Å². The number of hydrogen-bond donors (Lipinski definition) is 1. The predicted molar refractivity (Wildman–Crippen MR) is 104 cm³/mol. The maximum absolute atomic E-state index is 12.0. The molecule has 120 valence electrons.